The van der Waals surface area contributed by atoms with Gasteiger partial charge in [-0.05, 0) is 18.8 Å². The van der Waals surface area contributed by atoms with E-state index in [0.717, 1.165) is 19.3 Å². The minimum atomic E-state index is -0.853. The van der Waals surface area contributed by atoms with Crippen LogP contribution in [0.4, 0.5) is 4.79 Å². The molecule has 1 saturated carbocycles. The maximum Gasteiger partial charge on any atom is 0.410 e. The molecule has 1 aliphatic carbocycles. The van der Waals surface area contributed by atoms with E-state index >= 15 is 0 Å². The lowest BCUT2D eigenvalue weighted by Crippen LogP contribution is -2.52. The van der Waals surface area contributed by atoms with Crippen molar-refractivity contribution < 1.29 is 19.1 Å². The number of alkyl carbamates (subject to hydrolysis) is 1. The molecule has 98 valence electrons. The first-order valence-electron chi connectivity index (χ1n) is 6.14. The van der Waals surface area contributed by atoms with Crippen LogP contribution in [0.5, 0.6) is 0 Å². The van der Waals surface area contributed by atoms with Crippen LogP contribution in [0, 0.1) is 5.92 Å². The molecule has 0 unspecified atom stereocenters. The molecule has 1 fully saturated rings. The molecule has 1 aliphatic rings. The van der Waals surface area contributed by atoms with Gasteiger partial charge >= 0.3 is 6.09 Å². The Labute approximate surface area is 102 Å². The van der Waals surface area contributed by atoms with Gasteiger partial charge in [-0.25, -0.2) is 4.79 Å². The summed E-state index contributed by atoms with van der Waals surface area (Å²) >= 11 is 0. The van der Waals surface area contributed by atoms with Crippen molar-refractivity contribution in [3.63, 3.8) is 0 Å². The topological polar surface area (TPSA) is 64.6 Å². The number of carbonyl (C=O) groups is 2. The Morgan fingerprint density at radius 2 is 2.00 bits per heavy atom. The molecule has 0 bridgehead atoms. The lowest BCUT2D eigenvalue weighted by Gasteiger charge is -2.35. The highest BCUT2D eigenvalue weighted by atomic mass is 16.6. The lowest BCUT2D eigenvalue weighted by molar-refractivity contribution is -0.150. The van der Waals surface area contributed by atoms with Gasteiger partial charge in [0.2, 0.25) is 0 Å². The summed E-state index contributed by atoms with van der Waals surface area (Å²) in [6, 6.07) is 0. The highest BCUT2D eigenvalue weighted by molar-refractivity contribution is 5.68. The summed E-state index contributed by atoms with van der Waals surface area (Å²) in [5.41, 5.74) is -0.853. The number of amides is 1. The first-order chi connectivity index (χ1) is 8.08. The van der Waals surface area contributed by atoms with Crippen LogP contribution in [-0.2, 0) is 14.3 Å². The molecule has 1 rings (SSSR count). The van der Waals surface area contributed by atoms with Gasteiger partial charge in [-0.15, -0.1) is 0 Å². The molecule has 0 heterocycles. The molecule has 17 heavy (non-hydrogen) atoms. The Kier molecular flexibility index (Phi) is 5.25. The predicted octanol–water partition coefficient (Wildman–Crippen LogP) is 2.20. The molecule has 0 aliphatic heterocycles. The van der Waals surface area contributed by atoms with E-state index < -0.39 is 11.8 Å². The van der Waals surface area contributed by atoms with E-state index in [1.165, 1.54) is 0 Å². The standard InChI is InChI=1S/C12H21NO4/c1-10(2)8-16-11(15)13-12(17-9-14)6-4-3-5-7-12/h9-10H,3-8H2,1-2H3,(H,13,15). The maximum absolute atomic E-state index is 11.6. The van der Waals surface area contributed by atoms with Gasteiger partial charge in [0.1, 0.15) is 0 Å². The van der Waals surface area contributed by atoms with E-state index in [2.05, 4.69) is 5.32 Å². The van der Waals surface area contributed by atoms with Crippen molar-refractivity contribution in [1.29, 1.82) is 0 Å². The Balaban J connectivity index is 2.47. The second kappa shape index (κ2) is 6.47. The Hall–Kier alpha value is -1.26. The summed E-state index contributed by atoms with van der Waals surface area (Å²) in [6.45, 7) is 4.69. The zero-order valence-corrected chi connectivity index (χ0v) is 10.5. The number of carbonyl (C=O) groups excluding carboxylic acids is 2. The van der Waals surface area contributed by atoms with Gasteiger partial charge in [0.25, 0.3) is 6.47 Å². The fraction of sp³-hybridized carbons (Fsp3) is 0.833. The molecule has 1 amide bonds. The van der Waals surface area contributed by atoms with Crippen LogP contribution in [0.3, 0.4) is 0 Å². The number of nitrogens with one attached hydrogen (secondary N) is 1. The Morgan fingerprint density at radius 1 is 1.35 bits per heavy atom. The smallest absolute Gasteiger partial charge is 0.410 e. The molecule has 0 saturated heterocycles. The van der Waals surface area contributed by atoms with Crippen molar-refractivity contribution in [2.24, 2.45) is 5.92 Å². The Bertz CT molecular complexity index is 259. The normalized spacial score (nSPS) is 18.5. The van der Waals surface area contributed by atoms with Crippen molar-refractivity contribution in [2.75, 3.05) is 6.61 Å². The van der Waals surface area contributed by atoms with Gasteiger partial charge < -0.3 is 9.47 Å². The number of rotatable bonds is 5. The van der Waals surface area contributed by atoms with E-state index in [1.54, 1.807) is 0 Å². The summed E-state index contributed by atoms with van der Waals surface area (Å²) < 4.78 is 10.1. The monoisotopic (exact) mass is 243 g/mol. The van der Waals surface area contributed by atoms with Crippen LogP contribution in [0.15, 0.2) is 0 Å². The molecule has 0 aromatic carbocycles. The highest BCUT2D eigenvalue weighted by Gasteiger charge is 2.36. The molecule has 0 atom stereocenters. The molecule has 5 nitrogen and oxygen atoms in total. The Morgan fingerprint density at radius 3 is 2.53 bits per heavy atom. The van der Waals surface area contributed by atoms with Crippen LogP contribution >= 0.6 is 0 Å². The predicted molar refractivity (Wildman–Crippen MR) is 62.3 cm³/mol. The third kappa shape index (κ3) is 4.63. The minimum Gasteiger partial charge on any atom is -0.449 e. The molecule has 5 heteroatoms. The molecule has 0 radical (unpaired) electrons. The van der Waals surface area contributed by atoms with Crippen molar-refractivity contribution >= 4 is 12.6 Å². The summed E-state index contributed by atoms with van der Waals surface area (Å²) in [4.78, 5) is 22.1. The second-order valence-corrected chi connectivity index (χ2v) is 4.89. The number of hydrogen-bond acceptors (Lipinski definition) is 4. The van der Waals surface area contributed by atoms with Crippen molar-refractivity contribution in [2.45, 2.75) is 51.7 Å². The van der Waals surface area contributed by atoms with Gasteiger partial charge in [0.05, 0.1) is 6.61 Å². The fourth-order valence-corrected chi connectivity index (χ4v) is 1.95. The molecule has 0 spiro atoms. The zero-order chi connectivity index (χ0) is 12.7. The zero-order valence-electron chi connectivity index (χ0n) is 10.5. The van der Waals surface area contributed by atoms with Crippen LogP contribution < -0.4 is 5.32 Å². The molecule has 0 aromatic heterocycles. The van der Waals surface area contributed by atoms with Crippen LogP contribution in [0.1, 0.15) is 46.0 Å². The van der Waals surface area contributed by atoms with E-state index in [1.807, 2.05) is 13.8 Å². The maximum atomic E-state index is 11.6. The van der Waals surface area contributed by atoms with Gasteiger partial charge in [-0.2, -0.15) is 0 Å². The van der Waals surface area contributed by atoms with Gasteiger partial charge in [0, 0.05) is 12.8 Å². The summed E-state index contributed by atoms with van der Waals surface area (Å²) in [5.74, 6) is 0.287. The van der Waals surface area contributed by atoms with E-state index in [0.29, 0.717) is 25.9 Å². The lowest BCUT2D eigenvalue weighted by atomic mass is 9.92. The van der Waals surface area contributed by atoms with Gasteiger partial charge in [-0.3, -0.25) is 10.1 Å². The van der Waals surface area contributed by atoms with Crippen LogP contribution in [-0.4, -0.2) is 24.9 Å². The second-order valence-electron chi connectivity index (χ2n) is 4.89. The number of hydrogen-bond donors (Lipinski definition) is 1. The first-order valence-corrected chi connectivity index (χ1v) is 6.14. The van der Waals surface area contributed by atoms with Crippen molar-refractivity contribution in [3.05, 3.63) is 0 Å². The van der Waals surface area contributed by atoms with Crippen LogP contribution in [0.25, 0.3) is 0 Å². The quantitative estimate of drug-likeness (QED) is 0.594. The average molecular weight is 243 g/mol. The van der Waals surface area contributed by atoms with E-state index in [9.17, 15) is 9.59 Å². The fourth-order valence-electron chi connectivity index (χ4n) is 1.95. The largest absolute Gasteiger partial charge is 0.449 e. The van der Waals surface area contributed by atoms with Crippen molar-refractivity contribution in [1.82, 2.24) is 5.32 Å². The third-order valence-corrected chi connectivity index (χ3v) is 2.81. The highest BCUT2D eigenvalue weighted by Crippen LogP contribution is 2.28. The molecular weight excluding hydrogens is 222 g/mol. The third-order valence-electron chi connectivity index (χ3n) is 2.81. The van der Waals surface area contributed by atoms with Crippen LogP contribution in [0.2, 0.25) is 0 Å². The molecular formula is C12H21NO4. The van der Waals surface area contributed by atoms with Gasteiger partial charge in [0.15, 0.2) is 5.72 Å². The van der Waals surface area contributed by atoms with E-state index in [-0.39, 0.29) is 5.92 Å². The average Bonchev–Trinajstić information content (AvgIpc) is 2.28. The van der Waals surface area contributed by atoms with E-state index in [4.69, 9.17) is 9.47 Å². The summed E-state index contributed by atoms with van der Waals surface area (Å²) in [7, 11) is 0. The molecule has 1 N–H and O–H groups in total. The van der Waals surface area contributed by atoms with Crippen molar-refractivity contribution in [3.8, 4) is 0 Å². The van der Waals surface area contributed by atoms with Gasteiger partial charge in [-0.1, -0.05) is 20.3 Å². The summed E-state index contributed by atoms with van der Waals surface area (Å²) in [6.07, 6.45) is 3.79. The summed E-state index contributed by atoms with van der Waals surface area (Å²) in [5, 5.41) is 2.67. The SMILES string of the molecule is CC(C)COC(=O)NC1(OC=O)CCCCC1. The first kappa shape index (κ1) is 13.8. The number of ether oxygens (including phenoxy) is 2. The molecule has 0 aromatic rings. The minimum absolute atomic E-state index is 0.287.